The first-order chi connectivity index (χ1) is 9.74. The summed E-state index contributed by atoms with van der Waals surface area (Å²) in [5, 5.41) is 0. The van der Waals surface area contributed by atoms with Gasteiger partial charge in [0.15, 0.2) is 0 Å². The topological polar surface area (TPSA) is 9.23 Å². The summed E-state index contributed by atoms with van der Waals surface area (Å²) in [6.45, 7) is 7.89. The van der Waals surface area contributed by atoms with Crippen molar-refractivity contribution in [2.24, 2.45) is 23.7 Å². The number of hydrogen-bond donors (Lipinski definition) is 0. The largest absolute Gasteiger partial charge is 0.379 e. The molecule has 0 aliphatic heterocycles. The molecule has 0 bridgehead atoms. The lowest BCUT2D eigenvalue weighted by Gasteiger charge is -2.41. The third-order valence-electron chi connectivity index (χ3n) is 6.04. The maximum Gasteiger partial charge on any atom is 0.0575 e. The quantitative estimate of drug-likeness (QED) is 0.595. The molecular formula is C19H36O. The average Bonchev–Trinajstić information content (AvgIpc) is 2.47. The minimum atomic E-state index is 0.576. The van der Waals surface area contributed by atoms with Gasteiger partial charge in [0.25, 0.3) is 0 Å². The molecule has 0 aromatic heterocycles. The van der Waals surface area contributed by atoms with E-state index in [0.29, 0.717) is 6.10 Å². The second-order valence-electron chi connectivity index (χ2n) is 7.45. The van der Waals surface area contributed by atoms with Crippen LogP contribution < -0.4 is 0 Å². The van der Waals surface area contributed by atoms with Gasteiger partial charge in [0.1, 0.15) is 0 Å². The molecule has 2 saturated carbocycles. The standard InChI is InChI=1S/C19H36O/c1-4-6-7-16-8-13-19(15(3)14-16)17-9-11-18(12-10-17)20-5-2/h15-19H,4-14H2,1-3H3. The normalized spacial score (nSPS) is 38.9. The second-order valence-corrected chi connectivity index (χ2v) is 7.45. The van der Waals surface area contributed by atoms with Gasteiger partial charge in [-0.15, -0.1) is 0 Å². The molecule has 2 rings (SSSR count). The minimum absolute atomic E-state index is 0.576. The number of hydrogen-bond acceptors (Lipinski definition) is 1. The molecule has 0 spiro atoms. The van der Waals surface area contributed by atoms with Gasteiger partial charge in [-0.2, -0.15) is 0 Å². The van der Waals surface area contributed by atoms with Gasteiger partial charge in [-0.1, -0.05) is 39.5 Å². The summed E-state index contributed by atoms with van der Waals surface area (Å²) in [7, 11) is 0. The van der Waals surface area contributed by atoms with Gasteiger partial charge in [-0.25, -0.2) is 0 Å². The van der Waals surface area contributed by atoms with Gasteiger partial charge < -0.3 is 4.74 Å². The van der Waals surface area contributed by atoms with E-state index >= 15 is 0 Å². The van der Waals surface area contributed by atoms with Crippen LogP contribution in [0.3, 0.4) is 0 Å². The fourth-order valence-electron chi connectivity index (χ4n) is 4.91. The van der Waals surface area contributed by atoms with Crippen molar-refractivity contribution in [3.8, 4) is 0 Å². The molecule has 0 N–H and O–H groups in total. The van der Waals surface area contributed by atoms with Crippen molar-refractivity contribution in [3.05, 3.63) is 0 Å². The van der Waals surface area contributed by atoms with Crippen molar-refractivity contribution >= 4 is 0 Å². The molecule has 3 unspecified atom stereocenters. The summed E-state index contributed by atoms with van der Waals surface area (Å²) in [4.78, 5) is 0. The fraction of sp³-hybridized carbons (Fsp3) is 1.00. The Morgan fingerprint density at radius 2 is 1.70 bits per heavy atom. The highest BCUT2D eigenvalue weighted by Gasteiger charge is 2.34. The van der Waals surface area contributed by atoms with Crippen LogP contribution in [-0.4, -0.2) is 12.7 Å². The zero-order valence-electron chi connectivity index (χ0n) is 14.1. The predicted molar refractivity (Wildman–Crippen MR) is 86.9 cm³/mol. The van der Waals surface area contributed by atoms with Crippen molar-refractivity contribution in [3.63, 3.8) is 0 Å². The molecule has 2 fully saturated rings. The van der Waals surface area contributed by atoms with E-state index < -0.39 is 0 Å². The van der Waals surface area contributed by atoms with E-state index in [1.807, 2.05) is 0 Å². The summed E-state index contributed by atoms with van der Waals surface area (Å²) in [6.07, 6.45) is 14.9. The Hall–Kier alpha value is -0.0400. The first kappa shape index (κ1) is 16.3. The van der Waals surface area contributed by atoms with Crippen molar-refractivity contribution in [1.29, 1.82) is 0 Å². The first-order valence-corrected chi connectivity index (χ1v) is 9.36. The van der Waals surface area contributed by atoms with E-state index in [0.717, 1.165) is 30.3 Å². The molecule has 118 valence electrons. The van der Waals surface area contributed by atoms with Crippen LogP contribution in [0, 0.1) is 23.7 Å². The lowest BCUT2D eigenvalue weighted by Crippen LogP contribution is -2.33. The van der Waals surface area contributed by atoms with Crippen molar-refractivity contribution in [1.82, 2.24) is 0 Å². The average molecular weight is 280 g/mol. The minimum Gasteiger partial charge on any atom is -0.379 e. The van der Waals surface area contributed by atoms with Crippen LogP contribution in [0.15, 0.2) is 0 Å². The molecule has 3 atom stereocenters. The second kappa shape index (κ2) is 8.41. The lowest BCUT2D eigenvalue weighted by atomic mass is 9.65. The van der Waals surface area contributed by atoms with Gasteiger partial charge in [0.05, 0.1) is 6.10 Å². The summed E-state index contributed by atoms with van der Waals surface area (Å²) in [5.41, 5.74) is 0. The fourth-order valence-corrected chi connectivity index (χ4v) is 4.91. The monoisotopic (exact) mass is 280 g/mol. The van der Waals surface area contributed by atoms with Gasteiger partial charge in [0.2, 0.25) is 0 Å². The number of ether oxygens (including phenoxy) is 1. The van der Waals surface area contributed by atoms with Crippen LogP contribution in [0.4, 0.5) is 0 Å². The van der Waals surface area contributed by atoms with E-state index in [9.17, 15) is 0 Å². The summed E-state index contributed by atoms with van der Waals surface area (Å²) in [5.74, 6) is 4.05. The van der Waals surface area contributed by atoms with Gasteiger partial charge >= 0.3 is 0 Å². The Labute approximate surface area is 126 Å². The Kier molecular flexibility index (Phi) is 6.87. The van der Waals surface area contributed by atoms with E-state index in [1.54, 1.807) is 0 Å². The van der Waals surface area contributed by atoms with Crippen LogP contribution in [-0.2, 0) is 4.74 Å². The molecule has 1 heteroatoms. The predicted octanol–water partition coefficient (Wildman–Crippen LogP) is 5.82. The van der Waals surface area contributed by atoms with Crippen molar-refractivity contribution < 1.29 is 4.74 Å². The first-order valence-electron chi connectivity index (χ1n) is 9.36. The molecule has 0 amide bonds. The van der Waals surface area contributed by atoms with Crippen LogP contribution in [0.2, 0.25) is 0 Å². The molecule has 20 heavy (non-hydrogen) atoms. The van der Waals surface area contributed by atoms with Crippen LogP contribution >= 0.6 is 0 Å². The lowest BCUT2D eigenvalue weighted by molar-refractivity contribution is 0.00587. The van der Waals surface area contributed by atoms with E-state index in [4.69, 9.17) is 4.74 Å². The molecule has 0 aromatic rings. The Balaban J connectivity index is 1.74. The number of unbranched alkanes of at least 4 members (excludes halogenated alkanes) is 1. The SMILES string of the molecule is CCCCC1CCC(C2CCC(OCC)CC2)C(C)C1. The third kappa shape index (κ3) is 4.48. The van der Waals surface area contributed by atoms with E-state index in [2.05, 4.69) is 20.8 Å². The summed E-state index contributed by atoms with van der Waals surface area (Å²) in [6, 6.07) is 0. The summed E-state index contributed by atoms with van der Waals surface area (Å²) < 4.78 is 5.81. The molecule has 1 nitrogen and oxygen atoms in total. The molecule has 0 heterocycles. The van der Waals surface area contributed by atoms with Crippen molar-refractivity contribution in [2.75, 3.05) is 6.61 Å². The maximum atomic E-state index is 5.81. The molecule has 0 aromatic carbocycles. The smallest absolute Gasteiger partial charge is 0.0575 e. The van der Waals surface area contributed by atoms with Gasteiger partial charge in [0, 0.05) is 6.61 Å². The molecular weight excluding hydrogens is 244 g/mol. The third-order valence-corrected chi connectivity index (χ3v) is 6.04. The molecule has 0 radical (unpaired) electrons. The zero-order valence-corrected chi connectivity index (χ0v) is 14.1. The Morgan fingerprint density at radius 1 is 0.950 bits per heavy atom. The van der Waals surface area contributed by atoms with E-state index in [-0.39, 0.29) is 0 Å². The van der Waals surface area contributed by atoms with Crippen LogP contribution in [0.1, 0.15) is 85.0 Å². The highest BCUT2D eigenvalue weighted by atomic mass is 16.5. The van der Waals surface area contributed by atoms with E-state index in [1.165, 1.54) is 64.2 Å². The maximum absolute atomic E-state index is 5.81. The Bertz CT molecular complexity index is 254. The van der Waals surface area contributed by atoms with Gasteiger partial charge in [-0.05, 0) is 69.1 Å². The van der Waals surface area contributed by atoms with Crippen LogP contribution in [0.25, 0.3) is 0 Å². The summed E-state index contributed by atoms with van der Waals surface area (Å²) >= 11 is 0. The zero-order chi connectivity index (χ0) is 14.4. The van der Waals surface area contributed by atoms with Gasteiger partial charge in [-0.3, -0.25) is 0 Å². The molecule has 2 aliphatic rings. The number of rotatable bonds is 6. The molecule has 2 aliphatic carbocycles. The van der Waals surface area contributed by atoms with Crippen molar-refractivity contribution in [2.45, 2.75) is 91.1 Å². The molecule has 0 saturated heterocycles. The highest BCUT2D eigenvalue weighted by molar-refractivity contribution is 4.85. The van der Waals surface area contributed by atoms with Crippen LogP contribution in [0.5, 0.6) is 0 Å². The highest BCUT2D eigenvalue weighted by Crippen LogP contribution is 2.44. The Morgan fingerprint density at radius 3 is 2.30 bits per heavy atom.